The summed E-state index contributed by atoms with van der Waals surface area (Å²) in [7, 11) is 1.67. The molecule has 0 unspecified atom stereocenters. The molecule has 0 aromatic carbocycles. The predicted octanol–water partition coefficient (Wildman–Crippen LogP) is 0.323. The number of nitrogens with one attached hydrogen (secondary N) is 1. The smallest absolute Gasteiger partial charge is 0.182 e. The molecule has 0 saturated heterocycles. The van der Waals surface area contributed by atoms with Crippen LogP contribution < -0.4 is 0 Å². The molecule has 5 heteroatoms. The highest BCUT2D eigenvalue weighted by atomic mass is 16.5. The van der Waals surface area contributed by atoms with Gasteiger partial charge in [-0.3, -0.25) is 5.10 Å². The van der Waals surface area contributed by atoms with E-state index in [1.54, 1.807) is 7.11 Å². The molecule has 0 bridgehead atoms. The van der Waals surface area contributed by atoms with Gasteiger partial charge < -0.3 is 9.84 Å². The molecular formula is C8H13N3O2. The number of hydrogen-bond acceptors (Lipinski definition) is 4. The van der Waals surface area contributed by atoms with Crippen LogP contribution in [0.25, 0.3) is 0 Å². The Morgan fingerprint density at radius 1 is 1.62 bits per heavy atom. The average Bonchev–Trinajstić information content (AvgIpc) is 2.52. The zero-order chi connectivity index (χ0) is 9.31. The number of aliphatic hydroxyl groups is 1. The van der Waals surface area contributed by atoms with Crippen LogP contribution in [0.4, 0.5) is 0 Å². The molecule has 0 amide bonds. The van der Waals surface area contributed by atoms with E-state index in [0.717, 1.165) is 19.3 Å². The fourth-order valence-corrected chi connectivity index (χ4v) is 1.59. The van der Waals surface area contributed by atoms with Crippen LogP contribution in [0.2, 0.25) is 0 Å². The van der Waals surface area contributed by atoms with Crippen molar-refractivity contribution in [2.75, 3.05) is 7.11 Å². The van der Waals surface area contributed by atoms with E-state index in [-0.39, 0.29) is 12.2 Å². The minimum Gasteiger partial charge on any atom is -0.388 e. The highest BCUT2D eigenvalue weighted by Crippen LogP contribution is 2.42. The lowest BCUT2D eigenvalue weighted by atomic mass is 9.79. The van der Waals surface area contributed by atoms with E-state index in [1.807, 2.05) is 0 Å². The molecule has 1 aliphatic rings. The molecule has 1 aromatic heterocycles. The first-order chi connectivity index (χ1) is 6.30. The molecule has 13 heavy (non-hydrogen) atoms. The zero-order valence-electron chi connectivity index (χ0n) is 7.58. The normalized spacial score (nSPS) is 19.8. The van der Waals surface area contributed by atoms with Gasteiger partial charge in [0.05, 0.1) is 0 Å². The van der Waals surface area contributed by atoms with E-state index in [1.165, 1.54) is 0 Å². The number of aliphatic hydroxyl groups excluding tert-OH is 1. The Morgan fingerprint density at radius 3 is 2.77 bits per heavy atom. The van der Waals surface area contributed by atoms with Crippen molar-refractivity contribution in [3.8, 4) is 0 Å². The number of methoxy groups -OCH3 is 1. The number of nitrogens with zero attached hydrogens (tertiary/aromatic N) is 2. The second-order valence-electron chi connectivity index (χ2n) is 3.32. The van der Waals surface area contributed by atoms with E-state index in [4.69, 9.17) is 9.84 Å². The molecular weight excluding hydrogens is 170 g/mol. The summed E-state index contributed by atoms with van der Waals surface area (Å²) in [5.41, 5.74) is -0.288. The second-order valence-corrected chi connectivity index (χ2v) is 3.32. The van der Waals surface area contributed by atoms with Gasteiger partial charge in [0, 0.05) is 7.11 Å². The summed E-state index contributed by atoms with van der Waals surface area (Å²) in [5.74, 6) is 1.17. The zero-order valence-corrected chi connectivity index (χ0v) is 7.58. The molecule has 1 aromatic rings. The summed E-state index contributed by atoms with van der Waals surface area (Å²) in [6.45, 7) is -0.104. The Morgan fingerprint density at radius 2 is 2.38 bits per heavy atom. The quantitative estimate of drug-likeness (QED) is 0.708. The Kier molecular flexibility index (Phi) is 2.05. The Hall–Kier alpha value is -0.940. The monoisotopic (exact) mass is 183 g/mol. The number of hydrogen-bond donors (Lipinski definition) is 2. The number of H-pyrrole nitrogens is 1. The maximum absolute atomic E-state index is 8.81. The first-order valence-corrected chi connectivity index (χ1v) is 4.38. The molecule has 0 radical (unpaired) electrons. The SMILES string of the molecule is COC1(c2n[nH]c(CO)n2)CCC1. The minimum atomic E-state index is -0.288. The summed E-state index contributed by atoms with van der Waals surface area (Å²) in [4.78, 5) is 4.15. The maximum Gasteiger partial charge on any atom is 0.182 e. The fraction of sp³-hybridized carbons (Fsp3) is 0.750. The van der Waals surface area contributed by atoms with E-state index in [2.05, 4.69) is 15.2 Å². The summed E-state index contributed by atoms with van der Waals surface area (Å²) >= 11 is 0. The van der Waals surface area contributed by atoms with Gasteiger partial charge in [0.25, 0.3) is 0 Å². The van der Waals surface area contributed by atoms with Gasteiger partial charge in [0.15, 0.2) is 5.82 Å². The first kappa shape index (κ1) is 8.65. The molecule has 1 saturated carbocycles. The lowest BCUT2D eigenvalue weighted by Gasteiger charge is -2.37. The molecule has 1 fully saturated rings. The molecule has 0 aliphatic heterocycles. The third-order valence-electron chi connectivity index (χ3n) is 2.64. The van der Waals surface area contributed by atoms with Crippen LogP contribution in [-0.4, -0.2) is 27.4 Å². The summed E-state index contributed by atoms with van der Waals surface area (Å²) in [6.07, 6.45) is 3.08. The third kappa shape index (κ3) is 1.24. The standard InChI is InChI=1S/C8H13N3O2/c1-13-8(3-2-4-8)7-9-6(5-12)10-11-7/h12H,2-5H2,1H3,(H,9,10,11). The Balaban J connectivity index is 2.23. The van der Waals surface area contributed by atoms with Crippen molar-refractivity contribution in [3.05, 3.63) is 11.6 Å². The van der Waals surface area contributed by atoms with Gasteiger partial charge in [-0.1, -0.05) is 0 Å². The Bertz CT molecular complexity index is 288. The lowest BCUT2D eigenvalue weighted by Crippen LogP contribution is -2.37. The molecule has 2 N–H and O–H groups in total. The van der Waals surface area contributed by atoms with E-state index < -0.39 is 0 Å². The number of aromatic amines is 1. The van der Waals surface area contributed by atoms with E-state index in [0.29, 0.717) is 11.6 Å². The average molecular weight is 183 g/mol. The van der Waals surface area contributed by atoms with Gasteiger partial charge in [0.2, 0.25) is 0 Å². The van der Waals surface area contributed by atoms with Crippen molar-refractivity contribution >= 4 is 0 Å². The number of rotatable bonds is 3. The van der Waals surface area contributed by atoms with Crippen LogP contribution in [-0.2, 0) is 16.9 Å². The molecule has 0 spiro atoms. The Labute approximate surface area is 76.1 Å². The predicted molar refractivity (Wildman–Crippen MR) is 44.8 cm³/mol. The largest absolute Gasteiger partial charge is 0.388 e. The van der Waals surface area contributed by atoms with Crippen molar-refractivity contribution in [1.29, 1.82) is 0 Å². The molecule has 1 heterocycles. The summed E-state index contributed by atoms with van der Waals surface area (Å²) in [5, 5.41) is 15.5. The third-order valence-corrected chi connectivity index (χ3v) is 2.64. The minimum absolute atomic E-state index is 0.104. The van der Waals surface area contributed by atoms with Crippen molar-refractivity contribution < 1.29 is 9.84 Å². The van der Waals surface area contributed by atoms with Crippen LogP contribution in [0.15, 0.2) is 0 Å². The van der Waals surface area contributed by atoms with Crippen LogP contribution in [0.3, 0.4) is 0 Å². The molecule has 1 aliphatic carbocycles. The van der Waals surface area contributed by atoms with Crippen LogP contribution >= 0.6 is 0 Å². The van der Waals surface area contributed by atoms with Crippen LogP contribution in [0, 0.1) is 0 Å². The molecule has 72 valence electrons. The van der Waals surface area contributed by atoms with Crippen molar-refractivity contribution in [1.82, 2.24) is 15.2 Å². The highest BCUT2D eigenvalue weighted by Gasteiger charge is 2.42. The van der Waals surface area contributed by atoms with E-state index >= 15 is 0 Å². The highest BCUT2D eigenvalue weighted by molar-refractivity contribution is 5.07. The summed E-state index contributed by atoms with van der Waals surface area (Å²) < 4.78 is 5.39. The summed E-state index contributed by atoms with van der Waals surface area (Å²) in [6, 6.07) is 0. The first-order valence-electron chi connectivity index (χ1n) is 4.38. The van der Waals surface area contributed by atoms with Gasteiger partial charge in [0.1, 0.15) is 18.0 Å². The van der Waals surface area contributed by atoms with Crippen LogP contribution in [0.5, 0.6) is 0 Å². The topological polar surface area (TPSA) is 71.0 Å². The van der Waals surface area contributed by atoms with E-state index in [9.17, 15) is 0 Å². The van der Waals surface area contributed by atoms with Crippen molar-refractivity contribution in [2.24, 2.45) is 0 Å². The second kappa shape index (κ2) is 3.08. The number of aromatic nitrogens is 3. The molecule has 2 rings (SSSR count). The van der Waals surface area contributed by atoms with Crippen molar-refractivity contribution in [2.45, 2.75) is 31.5 Å². The molecule has 0 atom stereocenters. The van der Waals surface area contributed by atoms with Crippen molar-refractivity contribution in [3.63, 3.8) is 0 Å². The van der Waals surface area contributed by atoms with Gasteiger partial charge in [-0.05, 0) is 19.3 Å². The van der Waals surface area contributed by atoms with Gasteiger partial charge in [-0.15, -0.1) is 0 Å². The fourth-order valence-electron chi connectivity index (χ4n) is 1.59. The van der Waals surface area contributed by atoms with Gasteiger partial charge >= 0.3 is 0 Å². The van der Waals surface area contributed by atoms with Crippen LogP contribution in [0.1, 0.15) is 30.9 Å². The molecule has 5 nitrogen and oxygen atoms in total. The lowest BCUT2D eigenvalue weighted by molar-refractivity contribution is -0.0844. The maximum atomic E-state index is 8.81. The van der Waals surface area contributed by atoms with Gasteiger partial charge in [-0.25, -0.2) is 4.98 Å². The van der Waals surface area contributed by atoms with Gasteiger partial charge in [-0.2, -0.15) is 5.10 Å². The number of ether oxygens (including phenoxy) is 1.